The number of aliphatic hydroxyl groups is 1. The van der Waals surface area contributed by atoms with Crippen molar-refractivity contribution >= 4 is 5.82 Å². The number of fused-ring (bicyclic) bond motifs is 4. The molecule has 0 unspecified atom stereocenters. The molecule has 0 saturated carbocycles. The lowest BCUT2D eigenvalue weighted by molar-refractivity contribution is 0.132. The monoisotopic (exact) mass is 322 g/mol. The number of nitriles is 1. The lowest BCUT2D eigenvalue weighted by Crippen LogP contribution is -2.50. The standard InChI is InChI=1S/C18H18N4O2/c19-8-12-3-2-6-20-18(12)21-9-13-7-14(10-21)16(11-23)22-15(13)4-1-5-17(22)24/h1-6,13-14,16,23H,7,9-11H2/t13-,14+,16+/m1/s1. The molecule has 2 aliphatic rings. The van der Waals surface area contributed by atoms with Crippen LogP contribution in [0.2, 0.25) is 0 Å². The molecular formula is C18H18N4O2. The van der Waals surface area contributed by atoms with Crippen LogP contribution in [0.5, 0.6) is 0 Å². The van der Waals surface area contributed by atoms with Crippen LogP contribution in [-0.4, -0.2) is 34.4 Å². The lowest BCUT2D eigenvalue weighted by Gasteiger charge is -2.47. The normalized spacial score (nSPS) is 25.0. The zero-order valence-corrected chi connectivity index (χ0v) is 13.2. The van der Waals surface area contributed by atoms with E-state index in [0.717, 1.165) is 18.7 Å². The molecular weight excluding hydrogens is 304 g/mol. The third kappa shape index (κ3) is 2.21. The molecule has 4 rings (SSSR count). The summed E-state index contributed by atoms with van der Waals surface area (Å²) in [6.45, 7) is 1.35. The Bertz CT molecular complexity index is 870. The number of anilines is 1. The van der Waals surface area contributed by atoms with Gasteiger partial charge < -0.3 is 14.6 Å². The fourth-order valence-electron chi connectivity index (χ4n) is 4.19. The fourth-order valence-corrected chi connectivity index (χ4v) is 4.19. The second kappa shape index (κ2) is 5.77. The number of rotatable bonds is 2. The SMILES string of the molecule is N#Cc1cccnc1N1C[C@H]2C[C@@H](C1)[C@H](CO)n1c2cccc1=O. The Labute approximate surface area is 139 Å². The minimum Gasteiger partial charge on any atom is -0.394 e. The van der Waals surface area contributed by atoms with Crippen LogP contribution >= 0.6 is 0 Å². The van der Waals surface area contributed by atoms with E-state index in [1.54, 1.807) is 35.0 Å². The summed E-state index contributed by atoms with van der Waals surface area (Å²) in [6, 6.07) is 10.8. The Balaban J connectivity index is 1.78. The first-order chi connectivity index (χ1) is 11.7. The number of piperidine rings is 1. The van der Waals surface area contributed by atoms with Gasteiger partial charge in [0.1, 0.15) is 11.9 Å². The van der Waals surface area contributed by atoms with Gasteiger partial charge >= 0.3 is 0 Å². The molecule has 1 saturated heterocycles. The van der Waals surface area contributed by atoms with Crippen molar-refractivity contribution in [3.63, 3.8) is 0 Å². The smallest absolute Gasteiger partial charge is 0.251 e. The average molecular weight is 322 g/mol. The highest BCUT2D eigenvalue weighted by Crippen LogP contribution is 2.42. The molecule has 3 atom stereocenters. The maximum atomic E-state index is 12.3. The molecule has 4 heterocycles. The van der Waals surface area contributed by atoms with E-state index in [9.17, 15) is 15.2 Å². The Morgan fingerprint density at radius 3 is 2.96 bits per heavy atom. The highest BCUT2D eigenvalue weighted by atomic mass is 16.3. The average Bonchev–Trinajstić information content (AvgIpc) is 2.62. The predicted octanol–water partition coefficient (Wildman–Crippen LogP) is 1.27. The molecule has 2 aromatic rings. The minimum atomic E-state index is -0.220. The van der Waals surface area contributed by atoms with E-state index in [1.165, 1.54) is 0 Å². The Kier molecular flexibility index (Phi) is 3.58. The number of hydrogen-bond acceptors (Lipinski definition) is 5. The first-order valence-corrected chi connectivity index (χ1v) is 8.15. The van der Waals surface area contributed by atoms with Gasteiger partial charge in [0, 0.05) is 42.9 Å². The zero-order chi connectivity index (χ0) is 16.7. The molecule has 2 aliphatic heterocycles. The van der Waals surface area contributed by atoms with E-state index in [0.29, 0.717) is 17.9 Å². The molecule has 24 heavy (non-hydrogen) atoms. The van der Waals surface area contributed by atoms with E-state index < -0.39 is 0 Å². The summed E-state index contributed by atoms with van der Waals surface area (Å²) in [5, 5.41) is 19.2. The summed E-state index contributed by atoms with van der Waals surface area (Å²) in [4.78, 5) is 18.8. The second-order valence-corrected chi connectivity index (χ2v) is 6.49. The number of pyridine rings is 2. The molecule has 0 aliphatic carbocycles. The highest BCUT2D eigenvalue weighted by Gasteiger charge is 2.40. The van der Waals surface area contributed by atoms with Crippen LogP contribution in [0.3, 0.4) is 0 Å². The van der Waals surface area contributed by atoms with Gasteiger partial charge in [-0.3, -0.25) is 4.79 Å². The zero-order valence-electron chi connectivity index (χ0n) is 13.2. The molecule has 0 spiro atoms. The van der Waals surface area contributed by atoms with Crippen molar-refractivity contribution in [2.24, 2.45) is 5.92 Å². The van der Waals surface area contributed by atoms with Gasteiger partial charge in [-0.15, -0.1) is 0 Å². The molecule has 0 radical (unpaired) electrons. The maximum Gasteiger partial charge on any atom is 0.251 e. The largest absolute Gasteiger partial charge is 0.394 e. The van der Waals surface area contributed by atoms with Gasteiger partial charge in [-0.05, 0) is 24.6 Å². The molecule has 6 nitrogen and oxygen atoms in total. The van der Waals surface area contributed by atoms with Crippen LogP contribution in [0.4, 0.5) is 5.82 Å². The van der Waals surface area contributed by atoms with Crippen molar-refractivity contribution in [2.75, 3.05) is 24.6 Å². The molecule has 0 amide bonds. The van der Waals surface area contributed by atoms with Crippen molar-refractivity contribution < 1.29 is 5.11 Å². The summed E-state index contributed by atoms with van der Waals surface area (Å²) in [5.41, 5.74) is 1.48. The third-order valence-corrected chi connectivity index (χ3v) is 5.19. The number of aliphatic hydroxyl groups excluding tert-OH is 1. The topological polar surface area (TPSA) is 82.2 Å². The highest BCUT2D eigenvalue weighted by molar-refractivity contribution is 5.54. The summed E-state index contributed by atoms with van der Waals surface area (Å²) >= 11 is 0. The summed E-state index contributed by atoms with van der Waals surface area (Å²) < 4.78 is 1.76. The van der Waals surface area contributed by atoms with Gasteiger partial charge in [-0.2, -0.15) is 5.26 Å². The lowest BCUT2D eigenvalue weighted by atomic mass is 9.78. The summed E-state index contributed by atoms with van der Waals surface area (Å²) in [5.74, 6) is 1.06. The van der Waals surface area contributed by atoms with Crippen LogP contribution in [0, 0.1) is 17.2 Å². The van der Waals surface area contributed by atoms with E-state index in [1.807, 2.05) is 6.07 Å². The number of nitrogens with zero attached hydrogens (tertiary/aromatic N) is 4. The number of aromatic nitrogens is 2. The van der Waals surface area contributed by atoms with Crippen molar-refractivity contribution in [2.45, 2.75) is 18.4 Å². The van der Waals surface area contributed by atoms with Crippen molar-refractivity contribution in [1.29, 1.82) is 5.26 Å². The molecule has 2 bridgehead atoms. The van der Waals surface area contributed by atoms with E-state index in [4.69, 9.17) is 0 Å². The van der Waals surface area contributed by atoms with E-state index in [2.05, 4.69) is 16.0 Å². The minimum absolute atomic E-state index is 0.0507. The first kappa shape index (κ1) is 14.9. The van der Waals surface area contributed by atoms with Crippen molar-refractivity contribution in [3.8, 4) is 6.07 Å². The van der Waals surface area contributed by atoms with Crippen molar-refractivity contribution in [1.82, 2.24) is 9.55 Å². The Morgan fingerprint density at radius 1 is 1.29 bits per heavy atom. The molecule has 2 aromatic heterocycles. The maximum absolute atomic E-state index is 12.3. The van der Waals surface area contributed by atoms with E-state index in [-0.39, 0.29) is 30.0 Å². The van der Waals surface area contributed by atoms with Gasteiger partial charge in [0.25, 0.3) is 5.56 Å². The molecule has 122 valence electrons. The van der Waals surface area contributed by atoms with Crippen molar-refractivity contribution in [3.05, 3.63) is 58.1 Å². The van der Waals surface area contributed by atoms with Gasteiger partial charge in [0.05, 0.1) is 18.2 Å². The van der Waals surface area contributed by atoms with Crippen LogP contribution < -0.4 is 10.5 Å². The molecule has 0 aromatic carbocycles. The Hall–Kier alpha value is -2.65. The summed E-state index contributed by atoms with van der Waals surface area (Å²) in [6.07, 6.45) is 2.64. The van der Waals surface area contributed by atoms with Crippen LogP contribution in [-0.2, 0) is 0 Å². The van der Waals surface area contributed by atoms with Crippen LogP contribution in [0.25, 0.3) is 0 Å². The Morgan fingerprint density at radius 2 is 2.17 bits per heavy atom. The quantitative estimate of drug-likeness (QED) is 0.900. The van der Waals surface area contributed by atoms with Crippen LogP contribution in [0.1, 0.15) is 29.6 Å². The molecule has 1 fully saturated rings. The molecule has 1 N–H and O–H groups in total. The second-order valence-electron chi connectivity index (χ2n) is 6.49. The first-order valence-electron chi connectivity index (χ1n) is 8.15. The van der Waals surface area contributed by atoms with Gasteiger partial charge in [-0.1, -0.05) is 6.07 Å². The van der Waals surface area contributed by atoms with Gasteiger partial charge in [0.2, 0.25) is 0 Å². The van der Waals surface area contributed by atoms with Gasteiger partial charge in [0.15, 0.2) is 0 Å². The van der Waals surface area contributed by atoms with Gasteiger partial charge in [-0.25, -0.2) is 4.98 Å². The third-order valence-electron chi connectivity index (χ3n) is 5.19. The van der Waals surface area contributed by atoms with E-state index >= 15 is 0 Å². The predicted molar refractivity (Wildman–Crippen MR) is 88.8 cm³/mol. The molecule has 6 heteroatoms. The summed E-state index contributed by atoms with van der Waals surface area (Å²) in [7, 11) is 0. The van der Waals surface area contributed by atoms with Crippen LogP contribution in [0.15, 0.2) is 41.3 Å². The fraction of sp³-hybridized carbons (Fsp3) is 0.389. The number of hydrogen-bond donors (Lipinski definition) is 1.